The molecule has 9 heteroatoms. The molecule has 0 saturated carbocycles. The fourth-order valence-electron chi connectivity index (χ4n) is 3.87. The van der Waals surface area contributed by atoms with Crippen molar-refractivity contribution in [3.8, 4) is 11.6 Å². The summed E-state index contributed by atoms with van der Waals surface area (Å²) in [5.74, 6) is 0.0838. The Morgan fingerprint density at radius 3 is 2.56 bits per heavy atom. The molecule has 0 bridgehead atoms. The highest BCUT2D eigenvalue weighted by atomic mass is 32.2. The summed E-state index contributed by atoms with van der Waals surface area (Å²) in [6.07, 6.45) is 4.30. The van der Waals surface area contributed by atoms with Crippen molar-refractivity contribution in [2.24, 2.45) is 0 Å². The van der Waals surface area contributed by atoms with E-state index in [0.29, 0.717) is 23.7 Å². The molecule has 0 radical (unpaired) electrons. The van der Waals surface area contributed by atoms with Gasteiger partial charge >= 0.3 is 0 Å². The van der Waals surface area contributed by atoms with Crippen molar-refractivity contribution in [3.63, 3.8) is 0 Å². The lowest BCUT2D eigenvalue weighted by atomic mass is 10.1. The van der Waals surface area contributed by atoms with E-state index in [2.05, 4.69) is 10.3 Å². The number of ether oxygens (including phenoxy) is 1. The second kappa shape index (κ2) is 10.3. The minimum absolute atomic E-state index is 0.0287. The Morgan fingerprint density at radius 1 is 1.12 bits per heavy atom. The molecule has 1 fully saturated rings. The molecule has 1 amide bonds. The van der Waals surface area contributed by atoms with E-state index in [4.69, 9.17) is 4.74 Å². The quantitative estimate of drug-likeness (QED) is 0.534. The lowest BCUT2D eigenvalue weighted by molar-refractivity contribution is 0.0950. The summed E-state index contributed by atoms with van der Waals surface area (Å²) >= 11 is 0. The summed E-state index contributed by atoms with van der Waals surface area (Å²) in [6, 6.07) is 15.0. The van der Waals surface area contributed by atoms with E-state index in [1.807, 2.05) is 6.92 Å². The molecule has 4 rings (SSSR count). The summed E-state index contributed by atoms with van der Waals surface area (Å²) < 4.78 is 46.1. The molecule has 1 unspecified atom stereocenters. The highest BCUT2D eigenvalue weighted by Gasteiger charge is 2.30. The standard InChI is InChI=1S/C25H26FN3O4S/c1-18-4-2-3-15-29(18)34(31,32)23-11-5-20(6-12-23)25(30)28-17-19-13-14-27-24(16-19)33-22-9-7-21(26)8-10-22/h5-14,16,18H,2-4,15,17H2,1H3,(H,28,30). The molecule has 1 aromatic heterocycles. The van der Waals surface area contributed by atoms with Gasteiger partial charge in [-0.25, -0.2) is 17.8 Å². The first-order chi connectivity index (χ1) is 16.3. The lowest BCUT2D eigenvalue weighted by Gasteiger charge is -2.32. The van der Waals surface area contributed by atoms with Crippen LogP contribution >= 0.6 is 0 Å². The van der Waals surface area contributed by atoms with Crippen molar-refractivity contribution in [2.75, 3.05) is 6.54 Å². The molecule has 1 N–H and O–H groups in total. The highest BCUT2D eigenvalue weighted by molar-refractivity contribution is 7.89. The Kier molecular flexibility index (Phi) is 7.23. The largest absolute Gasteiger partial charge is 0.439 e. The van der Waals surface area contributed by atoms with E-state index < -0.39 is 10.0 Å². The third-order valence-corrected chi connectivity index (χ3v) is 7.78. The number of pyridine rings is 1. The molecular formula is C25H26FN3O4S. The predicted molar refractivity (Wildman–Crippen MR) is 126 cm³/mol. The third kappa shape index (κ3) is 5.60. The first kappa shape index (κ1) is 23.8. The van der Waals surface area contributed by atoms with Gasteiger partial charge < -0.3 is 10.1 Å². The number of benzene rings is 2. The van der Waals surface area contributed by atoms with Crippen LogP contribution in [0.3, 0.4) is 0 Å². The first-order valence-electron chi connectivity index (χ1n) is 11.1. The molecule has 34 heavy (non-hydrogen) atoms. The van der Waals surface area contributed by atoms with Gasteiger partial charge in [-0.2, -0.15) is 4.31 Å². The number of nitrogens with zero attached hydrogens (tertiary/aromatic N) is 2. The minimum Gasteiger partial charge on any atom is -0.439 e. The van der Waals surface area contributed by atoms with E-state index in [0.717, 1.165) is 24.8 Å². The lowest BCUT2D eigenvalue weighted by Crippen LogP contribution is -2.41. The summed E-state index contributed by atoms with van der Waals surface area (Å²) in [5, 5.41) is 2.81. The van der Waals surface area contributed by atoms with Crippen molar-refractivity contribution in [1.29, 1.82) is 0 Å². The average Bonchev–Trinajstić information content (AvgIpc) is 2.84. The van der Waals surface area contributed by atoms with Gasteiger partial charge in [0.1, 0.15) is 11.6 Å². The molecule has 1 saturated heterocycles. The van der Waals surface area contributed by atoms with Gasteiger partial charge in [0, 0.05) is 37.0 Å². The van der Waals surface area contributed by atoms with Crippen molar-refractivity contribution >= 4 is 15.9 Å². The van der Waals surface area contributed by atoms with Crippen LogP contribution in [-0.4, -0.2) is 36.2 Å². The van der Waals surface area contributed by atoms with E-state index in [1.54, 1.807) is 22.6 Å². The van der Waals surface area contributed by atoms with Gasteiger partial charge in [0.15, 0.2) is 0 Å². The van der Waals surface area contributed by atoms with Crippen LogP contribution < -0.4 is 10.1 Å². The van der Waals surface area contributed by atoms with Crippen LogP contribution in [0.25, 0.3) is 0 Å². The normalized spacial score (nSPS) is 16.7. The number of halogens is 1. The second-order valence-electron chi connectivity index (χ2n) is 8.23. The van der Waals surface area contributed by atoms with Crippen LogP contribution in [0.2, 0.25) is 0 Å². The zero-order valence-corrected chi connectivity index (χ0v) is 19.6. The van der Waals surface area contributed by atoms with E-state index in [1.165, 1.54) is 48.5 Å². The van der Waals surface area contributed by atoms with Gasteiger partial charge in [-0.1, -0.05) is 6.42 Å². The predicted octanol–water partition coefficient (Wildman–Crippen LogP) is 4.51. The number of piperidine rings is 1. The van der Waals surface area contributed by atoms with Crippen LogP contribution in [0.1, 0.15) is 42.1 Å². The number of aromatic nitrogens is 1. The molecule has 1 atom stereocenters. The molecule has 1 aliphatic rings. The van der Waals surface area contributed by atoms with Gasteiger partial charge in [-0.05, 0) is 79.9 Å². The molecule has 3 aromatic rings. The minimum atomic E-state index is -3.58. The molecule has 178 valence electrons. The maximum absolute atomic E-state index is 13.0. The SMILES string of the molecule is CC1CCCCN1S(=O)(=O)c1ccc(C(=O)NCc2ccnc(Oc3ccc(F)cc3)c2)cc1. The maximum atomic E-state index is 13.0. The number of amides is 1. The van der Waals surface area contributed by atoms with Crippen molar-refractivity contribution in [3.05, 3.63) is 83.8 Å². The van der Waals surface area contributed by atoms with Crippen molar-refractivity contribution in [1.82, 2.24) is 14.6 Å². The second-order valence-corrected chi connectivity index (χ2v) is 10.1. The Hall–Kier alpha value is -3.30. The number of hydrogen-bond donors (Lipinski definition) is 1. The smallest absolute Gasteiger partial charge is 0.251 e. The first-order valence-corrected chi connectivity index (χ1v) is 12.6. The molecular weight excluding hydrogens is 457 g/mol. The van der Waals surface area contributed by atoms with Crippen LogP contribution in [0.15, 0.2) is 71.8 Å². The Morgan fingerprint density at radius 2 is 1.85 bits per heavy atom. The van der Waals surface area contributed by atoms with Crippen LogP contribution in [0.4, 0.5) is 4.39 Å². The van der Waals surface area contributed by atoms with Gasteiger partial charge in [-0.3, -0.25) is 4.79 Å². The van der Waals surface area contributed by atoms with Gasteiger partial charge in [0.25, 0.3) is 5.91 Å². The Balaban J connectivity index is 1.37. The number of nitrogens with one attached hydrogen (secondary N) is 1. The molecule has 0 aliphatic carbocycles. The zero-order chi connectivity index (χ0) is 24.1. The number of carbonyl (C=O) groups is 1. The zero-order valence-electron chi connectivity index (χ0n) is 18.8. The Labute approximate surface area is 198 Å². The summed E-state index contributed by atoms with van der Waals surface area (Å²) in [4.78, 5) is 16.9. The van der Waals surface area contributed by atoms with Crippen molar-refractivity contribution in [2.45, 2.75) is 43.7 Å². The Bertz CT molecular complexity index is 1250. The summed E-state index contributed by atoms with van der Waals surface area (Å²) in [5.41, 5.74) is 1.13. The monoisotopic (exact) mass is 483 g/mol. The van der Waals surface area contributed by atoms with Crippen LogP contribution in [0, 0.1) is 5.82 Å². The molecule has 7 nitrogen and oxygen atoms in total. The van der Waals surface area contributed by atoms with E-state index in [-0.39, 0.29) is 29.2 Å². The average molecular weight is 484 g/mol. The molecule has 2 aromatic carbocycles. The molecule has 0 spiro atoms. The fraction of sp³-hybridized carbons (Fsp3) is 0.280. The van der Waals surface area contributed by atoms with Gasteiger partial charge in [0.05, 0.1) is 4.90 Å². The van der Waals surface area contributed by atoms with Gasteiger partial charge in [0.2, 0.25) is 15.9 Å². The number of rotatable bonds is 7. The number of hydrogen-bond acceptors (Lipinski definition) is 5. The topological polar surface area (TPSA) is 88.6 Å². The maximum Gasteiger partial charge on any atom is 0.251 e. The van der Waals surface area contributed by atoms with E-state index >= 15 is 0 Å². The fourth-order valence-corrected chi connectivity index (χ4v) is 5.57. The van der Waals surface area contributed by atoms with Gasteiger partial charge in [-0.15, -0.1) is 0 Å². The molecule has 2 heterocycles. The third-order valence-electron chi connectivity index (χ3n) is 5.75. The summed E-state index contributed by atoms with van der Waals surface area (Å²) in [6.45, 7) is 2.67. The number of carbonyl (C=O) groups excluding carboxylic acids is 1. The molecule has 1 aliphatic heterocycles. The van der Waals surface area contributed by atoms with Crippen LogP contribution in [0.5, 0.6) is 11.6 Å². The van der Waals surface area contributed by atoms with E-state index in [9.17, 15) is 17.6 Å². The highest BCUT2D eigenvalue weighted by Crippen LogP contribution is 2.25. The summed E-state index contributed by atoms with van der Waals surface area (Å²) in [7, 11) is -3.58. The van der Waals surface area contributed by atoms with Crippen LogP contribution in [-0.2, 0) is 16.6 Å². The van der Waals surface area contributed by atoms with Crippen molar-refractivity contribution < 1.29 is 22.3 Å². The number of sulfonamides is 1.